The van der Waals surface area contributed by atoms with Gasteiger partial charge in [0, 0.05) is 31.1 Å². The lowest BCUT2D eigenvalue weighted by Crippen LogP contribution is -2.50. The first-order valence-corrected chi connectivity index (χ1v) is 12.2. The van der Waals surface area contributed by atoms with Gasteiger partial charge in [0.15, 0.2) is 0 Å². The number of fused-ring (bicyclic) bond motifs is 1. The highest BCUT2D eigenvalue weighted by Gasteiger charge is 2.34. The molecule has 0 atom stereocenters. The maximum atomic E-state index is 13.1. The van der Waals surface area contributed by atoms with Crippen molar-refractivity contribution in [2.45, 2.75) is 44.7 Å². The van der Waals surface area contributed by atoms with Crippen LogP contribution in [0.1, 0.15) is 51.4 Å². The van der Waals surface area contributed by atoms with Crippen LogP contribution >= 0.6 is 11.3 Å². The van der Waals surface area contributed by atoms with Crippen molar-refractivity contribution >= 4 is 28.8 Å². The summed E-state index contributed by atoms with van der Waals surface area (Å²) in [5.41, 5.74) is 0.216. The van der Waals surface area contributed by atoms with Gasteiger partial charge in [0.05, 0.1) is 22.7 Å². The third-order valence-corrected chi connectivity index (χ3v) is 7.47. The third-order valence-electron chi connectivity index (χ3n) is 6.24. The third kappa shape index (κ3) is 5.95. The van der Waals surface area contributed by atoms with Crippen LogP contribution < -0.4 is 5.32 Å². The first-order chi connectivity index (χ1) is 15.8. The number of thiophene rings is 1. The summed E-state index contributed by atoms with van der Waals surface area (Å²) in [5.74, 6) is -0.459. The summed E-state index contributed by atoms with van der Waals surface area (Å²) in [4.78, 5) is 31.2. The summed E-state index contributed by atoms with van der Waals surface area (Å²) in [5, 5.41) is 2.38. The molecule has 178 valence electrons. The van der Waals surface area contributed by atoms with E-state index in [1.54, 1.807) is 11.3 Å². The molecule has 5 nitrogen and oxygen atoms in total. The van der Waals surface area contributed by atoms with Crippen molar-refractivity contribution in [3.05, 3.63) is 51.2 Å². The Morgan fingerprint density at radius 3 is 2.39 bits per heavy atom. The van der Waals surface area contributed by atoms with Crippen molar-refractivity contribution < 1.29 is 22.8 Å². The van der Waals surface area contributed by atoms with E-state index in [1.807, 2.05) is 9.80 Å². The minimum atomic E-state index is -4.53. The van der Waals surface area contributed by atoms with Gasteiger partial charge in [0.2, 0.25) is 5.91 Å². The van der Waals surface area contributed by atoms with Crippen LogP contribution in [0.3, 0.4) is 0 Å². The van der Waals surface area contributed by atoms with Crippen molar-refractivity contribution in [2.24, 2.45) is 0 Å². The van der Waals surface area contributed by atoms with Crippen LogP contribution in [0.2, 0.25) is 0 Å². The Balaban J connectivity index is 1.30. The Morgan fingerprint density at radius 1 is 0.970 bits per heavy atom. The maximum absolute atomic E-state index is 13.1. The first kappa shape index (κ1) is 23.8. The van der Waals surface area contributed by atoms with Crippen molar-refractivity contribution in [1.82, 2.24) is 9.80 Å². The van der Waals surface area contributed by atoms with E-state index in [0.717, 1.165) is 23.8 Å². The number of carbonyl (C=O) groups is 2. The van der Waals surface area contributed by atoms with Crippen LogP contribution in [0.5, 0.6) is 0 Å². The molecular weight excluding hydrogens is 451 g/mol. The van der Waals surface area contributed by atoms with E-state index in [2.05, 4.69) is 11.4 Å². The van der Waals surface area contributed by atoms with Crippen LogP contribution in [0, 0.1) is 0 Å². The number of hydrogen-bond acceptors (Lipinski definition) is 4. The van der Waals surface area contributed by atoms with Crippen molar-refractivity contribution in [3.63, 3.8) is 0 Å². The molecule has 2 heterocycles. The summed E-state index contributed by atoms with van der Waals surface area (Å²) < 4.78 is 39.4. The highest BCUT2D eigenvalue weighted by molar-refractivity contribution is 7.14. The van der Waals surface area contributed by atoms with Gasteiger partial charge in [-0.15, -0.1) is 11.3 Å². The molecule has 0 unspecified atom stereocenters. The lowest BCUT2D eigenvalue weighted by molar-refractivity contribution is -0.137. The highest BCUT2D eigenvalue weighted by Crippen LogP contribution is 2.34. The van der Waals surface area contributed by atoms with E-state index in [4.69, 9.17) is 0 Å². The Labute approximate surface area is 195 Å². The molecule has 2 aromatic rings. The average Bonchev–Trinajstić information content (AvgIpc) is 3.15. The number of amides is 2. The van der Waals surface area contributed by atoms with Crippen LogP contribution in [0.25, 0.3) is 0 Å². The van der Waals surface area contributed by atoms with Gasteiger partial charge in [-0.3, -0.25) is 14.5 Å². The molecule has 1 aromatic heterocycles. The lowest BCUT2D eigenvalue weighted by atomic mass is 10.00. The van der Waals surface area contributed by atoms with E-state index in [0.29, 0.717) is 26.2 Å². The molecule has 4 rings (SSSR count). The fraction of sp³-hybridized carbons (Fsp3) is 0.500. The number of anilines is 1. The number of alkyl halides is 3. The number of piperazine rings is 1. The topological polar surface area (TPSA) is 52.7 Å². The quantitative estimate of drug-likeness (QED) is 0.684. The van der Waals surface area contributed by atoms with E-state index >= 15 is 0 Å². The monoisotopic (exact) mass is 479 g/mol. The number of rotatable bonds is 4. The molecule has 1 N–H and O–H groups in total. The molecule has 1 fully saturated rings. The van der Waals surface area contributed by atoms with Gasteiger partial charge >= 0.3 is 6.18 Å². The number of hydrogen-bond donors (Lipinski definition) is 1. The summed E-state index contributed by atoms with van der Waals surface area (Å²) >= 11 is 1.61. The summed E-state index contributed by atoms with van der Waals surface area (Å²) in [6.07, 6.45) is 2.40. The van der Waals surface area contributed by atoms with Gasteiger partial charge in [-0.25, -0.2) is 0 Å². The standard InChI is InChI=1S/C24H28F3N3O2S/c25-24(26,27)18-8-5-6-9-19(18)28-22(31)16-29-11-13-30(14-12-29)23(32)21-15-17-7-3-1-2-4-10-20(17)33-21/h5-6,8-9,15H,1-4,7,10-14,16H2,(H,28,31). The number of benzene rings is 1. The van der Waals surface area contributed by atoms with Gasteiger partial charge in [0.1, 0.15) is 0 Å². The van der Waals surface area contributed by atoms with Gasteiger partial charge in [-0.05, 0) is 49.4 Å². The summed E-state index contributed by atoms with van der Waals surface area (Å²) in [6, 6.07) is 7.02. The van der Waals surface area contributed by atoms with Crippen LogP contribution in [0.15, 0.2) is 30.3 Å². The van der Waals surface area contributed by atoms with E-state index in [-0.39, 0.29) is 18.1 Å². The Bertz CT molecular complexity index is 972. The van der Waals surface area contributed by atoms with Crippen molar-refractivity contribution in [1.29, 1.82) is 0 Å². The highest BCUT2D eigenvalue weighted by atomic mass is 32.1. The van der Waals surface area contributed by atoms with E-state index in [1.165, 1.54) is 54.3 Å². The molecule has 9 heteroatoms. The zero-order chi connectivity index (χ0) is 23.4. The molecule has 0 saturated carbocycles. The second-order valence-electron chi connectivity index (χ2n) is 8.63. The molecule has 1 aliphatic carbocycles. The molecule has 1 saturated heterocycles. The van der Waals surface area contributed by atoms with Crippen LogP contribution in [-0.4, -0.2) is 54.3 Å². The van der Waals surface area contributed by atoms with Crippen molar-refractivity contribution in [3.8, 4) is 0 Å². The zero-order valence-electron chi connectivity index (χ0n) is 18.4. The largest absolute Gasteiger partial charge is 0.418 e. The number of para-hydroxylation sites is 1. The lowest BCUT2D eigenvalue weighted by Gasteiger charge is -2.34. The molecule has 2 amide bonds. The minimum absolute atomic E-state index is 0.0124. The number of nitrogens with zero attached hydrogens (tertiary/aromatic N) is 2. The maximum Gasteiger partial charge on any atom is 0.418 e. The van der Waals surface area contributed by atoms with Gasteiger partial charge in [0.25, 0.3) is 5.91 Å². The molecule has 0 bridgehead atoms. The van der Waals surface area contributed by atoms with Crippen LogP contribution in [0.4, 0.5) is 18.9 Å². The number of aryl methyl sites for hydroxylation is 2. The predicted molar refractivity (Wildman–Crippen MR) is 123 cm³/mol. The molecule has 0 spiro atoms. The Kier molecular flexibility index (Phi) is 7.38. The Hall–Kier alpha value is -2.39. The molecule has 1 aromatic carbocycles. The number of nitrogens with one attached hydrogen (secondary N) is 1. The molecule has 33 heavy (non-hydrogen) atoms. The van der Waals surface area contributed by atoms with Gasteiger partial charge < -0.3 is 10.2 Å². The summed E-state index contributed by atoms with van der Waals surface area (Å²) in [6.45, 7) is 1.99. The van der Waals surface area contributed by atoms with Gasteiger partial charge in [-0.1, -0.05) is 25.0 Å². The SMILES string of the molecule is O=C(CN1CCN(C(=O)c2cc3c(s2)CCCCCC3)CC1)Nc1ccccc1C(F)(F)F. The fourth-order valence-corrected chi connectivity index (χ4v) is 5.67. The predicted octanol–water partition coefficient (Wildman–Crippen LogP) is 4.82. The molecule has 0 radical (unpaired) electrons. The van der Waals surface area contributed by atoms with Crippen molar-refractivity contribution in [2.75, 3.05) is 38.0 Å². The summed E-state index contributed by atoms with van der Waals surface area (Å²) in [7, 11) is 0. The van der Waals surface area contributed by atoms with Gasteiger partial charge in [-0.2, -0.15) is 13.2 Å². The van der Waals surface area contributed by atoms with E-state index in [9.17, 15) is 22.8 Å². The van der Waals surface area contributed by atoms with Crippen LogP contribution in [-0.2, 0) is 23.8 Å². The first-order valence-electron chi connectivity index (χ1n) is 11.4. The fourth-order valence-electron chi connectivity index (χ4n) is 4.45. The minimum Gasteiger partial charge on any atom is -0.335 e. The Morgan fingerprint density at radius 2 is 1.67 bits per heavy atom. The normalized spacial score (nSPS) is 17.7. The second kappa shape index (κ2) is 10.3. The molecule has 2 aliphatic rings. The molecule has 1 aliphatic heterocycles. The number of carbonyl (C=O) groups excluding carboxylic acids is 2. The number of halogens is 3. The second-order valence-corrected chi connectivity index (χ2v) is 9.77. The van der Waals surface area contributed by atoms with E-state index < -0.39 is 17.6 Å². The average molecular weight is 480 g/mol. The molecular formula is C24H28F3N3O2S. The smallest absolute Gasteiger partial charge is 0.335 e. The zero-order valence-corrected chi connectivity index (χ0v) is 19.2.